The summed E-state index contributed by atoms with van der Waals surface area (Å²) >= 11 is 12.2. The number of pyridine rings is 1. The number of benzene rings is 1. The van der Waals surface area contributed by atoms with Crippen LogP contribution in [0.3, 0.4) is 0 Å². The van der Waals surface area contributed by atoms with Crippen molar-refractivity contribution in [1.82, 2.24) is 14.5 Å². The van der Waals surface area contributed by atoms with Crippen LogP contribution in [-0.4, -0.2) is 29.2 Å². The summed E-state index contributed by atoms with van der Waals surface area (Å²) in [5, 5.41) is 0.698. The summed E-state index contributed by atoms with van der Waals surface area (Å²) in [6.45, 7) is 3.43. The zero-order valence-electron chi connectivity index (χ0n) is 16.5. The first kappa shape index (κ1) is 22.1. The number of halogens is 2. The molecule has 0 aliphatic rings. The average Bonchev–Trinajstić information content (AvgIpc) is 2.60. The second-order valence-electron chi connectivity index (χ2n) is 6.76. The van der Waals surface area contributed by atoms with E-state index in [4.69, 9.17) is 27.9 Å². The third kappa shape index (κ3) is 5.10. The van der Waals surface area contributed by atoms with Crippen molar-refractivity contribution in [3.05, 3.63) is 62.0 Å². The molecule has 3 aromatic rings. The largest absolute Gasteiger partial charge is 0.422 e. The van der Waals surface area contributed by atoms with Gasteiger partial charge < -0.3 is 9.30 Å². The fourth-order valence-electron chi connectivity index (χ4n) is 2.79. The summed E-state index contributed by atoms with van der Waals surface area (Å²) in [7, 11) is -1.99. The molecular formula is C19H18Cl2N4O4S. The number of hydrogen-bond donors (Lipinski definition) is 1. The summed E-state index contributed by atoms with van der Waals surface area (Å²) in [5.41, 5.74) is 1.94. The van der Waals surface area contributed by atoms with Crippen molar-refractivity contribution in [3.63, 3.8) is 0 Å². The van der Waals surface area contributed by atoms with Crippen LogP contribution in [0.15, 0.2) is 35.3 Å². The standard InChI is InChI=1S/C19H18Cl2N4O4S/c1-10-6-13(20)7-14(21)17(10)29-19-22-15(8-16(23-19)24-30(4,27)28)12-5-11(2)18(26)25(3)9-12/h5-9H,1-4H3,(H,22,23,24). The number of rotatable bonds is 5. The highest BCUT2D eigenvalue weighted by Crippen LogP contribution is 2.35. The van der Waals surface area contributed by atoms with Crippen LogP contribution in [0.4, 0.5) is 5.82 Å². The predicted molar refractivity (Wildman–Crippen MR) is 117 cm³/mol. The van der Waals surface area contributed by atoms with Gasteiger partial charge in [0.05, 0.1) is 17.0 Å². The third-order valence-electron chi connectivity index (χ3n) is 4.04. The number of ether oxygens (including phenoxy) is 1. The lowest BCUT2D eigenvalue weighted by atomic mass is 10.1. The molecule has 0 aliphatic heterocycles. The monoisotopic (exact) mass is 468 g/mol. The molecule has 30 heavy (non-hydrogen) atoms. The fraction of sp³-hybridized carbons (Fsp3) is 0.211. The summed E-state index contributed by atoms with van der Waals surface area (Å²) in [6.07, 6.45) is 2.60. The molecule has 0 fully saturated rings. The Hall–Kier alpha value is -2.62. The van der Waals surface area contributed by atoms with Crippen molar-refractivity contribution < 1.29 is 13.2 Å². The van der Waals surface area contributed by atoms with Crippen LogP contribution in [0, 0.1) is 13.8 Å². The lowest BCUT2D eigenvalue weighted by Crippen LogP contribution is -2.18. The highest BCUT2D eigenvalue weighted by Gasteiger charge is 2.16. The van der Waals surface area contributed by atoms with Gasteiger partial charge in [0.1, 0.15) is 5.82 Å². The van der Waals surface area contributed by atoms with Gasteiger partial charge in [-0.2, -0.15) is 9.97 Å². The van der Waals surface area contributed by atoms with Gasteiger partial charge in [-0.3, -0.25) is 9.52 Å². The molecule has 11 heteroatoms. The van der Waals surface area contributed by atoms with E-state index < -0.39 is 10.0 Å². The first-order valence-corrected chi connectivity index (χ1v) is 11.3. The van der Waals surface area contributed by atoms with Crippen LogP contribution < -0.4 is 15.0 Å². The minimum atomic E-state index is -3.61. The van der Waals surface area contributed by atoms with Crippen molar-refractivity contribution in [2.75, 3.05) is 11.0 Å². The lowest BCUT2D eigenvalue weighted by Gasteiger charge is -2.13. The highest BCUT2D eigenvalue weighted by molar-refractivity contribution is 7.92. The van der Waals surface area contributed by atoms with Crippen LogP contribution in [0.25, 0.3) is 11.3 Å². The van der Waals surface area contributed by atoms with Crippen LogP contribution in [0.5, 0.6) is 11.8 Å². The van der Waals surface area contributed by atoms with Gasteiger partial charge in [0.25, 0.3) is 5.56 Å². The molecule has 0 radical (unpaired) electrons. The minimum absolute atomic E-state index is 0.00625. The Kier molecular flexibility index (Phi) is 6.07. The first-order valence-electron chi connectivity index (χ1n) is 8.61. The van der Waals surface area contributed by atoms with Gasteiger partial charge in [0.15, 0.2) is 5.75 Å². The Morgan fingerprint density at radius 1 is 1.07 bits per heavy atom. The van der Waals surface area contributed by atoms with Gasteiger partial charge in [-0.05, 0) is 37.6 Å². The topological polar surface area (TPSA) is 103 Å². The normalized spacial score (nSPS) is 11.4. The molecule has 0 spiro atoms. The maximum atomic E-state index is 12.0. The Morgan fingerprint density at radius 2 is 1.77 bits per heavy atom. The molecule has 0 unspecified atom stereocenters. The molecular weight excluding hydrogens is 451 g/mol. The molecule has 0 atom stereocenters. The zero-order valence-corrected chi connectivity index (χ0v) is 18.9. The maximum absolute atomic E-state index is 12.0. The molecule has 0 bridgehead atoms. The van der Waals surface area contributed by atoms with E-state index in [2.05, 4.69) is 14.7 Å². The maximum Gasteiger partial charge on any atom is 0.324 e. The van der Waals surface area contributed by atoms with Crippen LogP contribution >= 0.6 is 23.2 Å². The van der Waals surface area contributed by atoms with Crippen molar-refractivity contribution >= 4 is 39.0 Å². The molecule has 0 aliphatic carbocycles. The third-order valence-corrected chi connectivity index (χ3v) is 5.12. The number of sulfonamides is 1. The Labute approximate surface area is 183 Å². The molecule has 0 saturated heterocycles. The van der Waals surface area contributed by atoms with Gasteiger partial charge in [0.2, 0.25) is 10.0 Å². The zero-order chi connectivity index (χ0) is 22.2. The molecule has 1 N–H and O–H groups in total. The first-order chi connectivity index (χ1) is 13.9. The molecule has 1 aromatic carbocycles. The van der Waals surface area contributed by atoms with E-state index in [1.807, 2.05) is 0 Å². The van der Waals surface area contributed by atoms with E-state index >= 15 is 0 Å². The number of aryl methyl sites for hydroxylation is 3. The molecule has 158 valence electrons. The Bertz CT molecular complexity index is 1260. The molecule has 2 aromatic heterocycles. The van der Waals surface area contributed by atoms with Gasteiger partial charge in [-0.15, -0.1) is 0 Å². The van der Waals surface area contributed by atoms with E-state index in [-0.39, 0.29) is 22.4 Å². The van der Waals surface area contributed by atoms with E-state index in [0.717, 1.165) is 6.26 Å². The Balaban J connectivity index is 2.15. The second kappa shape index (κ2) is 8.25. The van der Waals surface area contributed by atoms with Crippen LogP contribution in [0.2, 0.25) is 10.0 Å². The minimum Gasteiger partial charge on any atom is -0.422 e. The molecule has 3 rings (SSSR count). The number of hydrogen-bond acceptors (Lipinski definition) is 6. The number of nitrogens with one attached hydrogen (secondary N) is 1. The van der Waals surface area contributed by atoms with Gasteiger partial charge >= 0.3 is 6.01 Å². The van der Waals surface area contributed by atoms with Gasteiger partial charge in [-0.1, -0.05) is 23.2 Å². The van der Waals surface area contributed by atoms with E-state index in [1.54, 1.807) is 39.2 Å². The number of anilines is 1. The van der Waals surface area contributed by atoms with Crippen molar-refractivity contribution in [2.24, 2.45) is 7.05 Å². The van der Waals surface area contributed by atoms with E-state index in [1.165, 1.54) is 16.7 Å². The fourth-order valence-corrected chi connectivity index (χ4v) is 3.91. The second-order valence-corrected chi connectivity index (χ2v) is 9.35. The summed E-state index contributed by atoms with van der Waals surface area (Å²) < 4.78 is 33.0. The van der Waals surface area contributed by atoms with Crippen molar-refractivity contribution in [3.8, 4) is 23.0 Å². The molecule has 2 heterocycles. The van der Waals surface area contributed by atoms with E-state index in [9.17, 15) is 13.2 Å². The van der Waals surface area contributed by atoms with Crippen molar-refractivity contribution in [1.29, 1.82) is 0 Å². The Morgan fingerprint density at radius 3 is 2.37 bits per heavy atom. The SMILES string of the molecule is Cc1cc(Cl)cc(Cl)c1Oc1nc(NS(C)(=O)=O)cc(-c2cc(C)c(=O)n(C)c2)n1. The predicted octanol–water partition coefficient (Wildman–Crippen LogP) is 3.93. The van der Waals surface area contributed by atoms with Crippen molar-refractivity contribution in [2.45, 2.75) is 13.8 Å². The lowest BCUT2D eigenvalue weighted by molar-refractivity contribution is 0.440. The van der Waals surface area contributed by atoms with E-state index in [0.29, 0.717) is 33.2 Å². The smallest absolute Gasteiger partial charge is 0.324 e. The quantitative estimate of drug-likeness (QED) is 0.608. The summed E-state index contributed by atoms with van der Waals surface area (Å²) in [5.74, 6) is 0.298. The highest BCUT2D eigenvalue weighted by atomic mass is 35.5. The average molecular weight is 469 g/mol. The molecule has 8 nitrogen and oxygen atoms in total. The van der Waals surface area contributed by atoms with Crippen LogP contribution in [0.1, 0.15) is 11.1 Å². The summed E-state index contributed by atoms with van der Waals surface area (Å²) in [4.78, 5) is 20.5. The van der Waals surface area contributed by atoms with Gasteiger partial charge in [0, 0.05) is 35.5 Å². The molecule has 0 saturated carbocycles. The van der Waals surface area contributed by atoms with Crippen LogP contribution in [-0.2, 0) is 17.1 Å². The molecule has 0 amide bonds. The summed E-state index contributed by atoms with van der Waals surface area (Å²) in [6, 6.07) is 6.15. The number of aromatic nitrogens is 3. The van der Waals surface area contributed by atoms with Gasteiger partial charge in [-0.25, -0.2) is 8.42 Å². The number of nitrogens with zero attached hydrogens (tertiary/aromatic N) is 3.